The molecule has 3 rings (SSSR count). The lowest BCUT2D eigenvalue weighted by Gasteiger charge is -2.42. The summed E-state index contributed by atoms with van der Waals surface area (Å²) in [7, 11) is 0. The van der Waals surface area contributed by atoms with Crippen molar-refractivity contribution in [3.05, 3.63) is 35.9 Å². The Kier molecular flexibility index (Phi) is 5.41. The van der Waals surface area contributed by atoms with E-state index in [1.54, 1.807) is 0 Å². The van der Waals surface area contributed by atoms with Crippen LogP contribution in [-0.4, -0.2) is 43.0 Å². The third-order valence-electron chi connectivity index (χ3n) is 5.46. The van der Waals surface area contributed by atoms with Crippen molar-refractivity contribution in [1.29, 1.82) is 0 Å². The van der Waals surface area contributed by atoms with Gasteiger partial charge in [0.25, 0.3) is 0 Å². The Hall–Kier alpha value is -1.59. The number of rotatable bonds is 6. The summed E-state index contributed by atoms with van der Waals surface area (Å²) >= 11 is 0. The van der Waals surface area contributed by atoms with Gasteiger partial charge in [-0.1, -0.05) is 36.8 Å². The molecule has 0 radical (unpaired) electrons. The highest BCUT2D eigenvalue weighted by atomic mass is 16.5. The van der Waals surface area contributed by atoms with Crippen LogP contribution in [0, 0.1) is 5.41 Å². The second-order valence-electron chi connectivity index (χ2n) is 7.39. The zero-order chi connectivity index (χ0) is 16.9. The lowest BCUT2D eigenvalue weighted by Crippen LogP contribution is -2.51. The molecule has 1 aliphatic carbocycles. The fourth-order valence-corrected chi connectivity index (χ4v) is 3.62. The first-order valence-corrected chi connectivity index (χ1v) is 8.95. The molecule has 1 aromatic carbocycles. The predicted octanol–water partition coefficient (Wildman–Crippen LogP) is 2.24. The average Bonchev–Trinajstić information content (AvgIpc) is 2.57. The maximum absolute atomic E-state index is 12.1. The number of carbonyl (C=O) groups excluding carboxylic acids is 1. The number of benzene rings is 1. The zero-order valence-electron chi connectivity index (χ0n) is 14.2. The molecule has 1 aromatic rings. The number of urea groups is 1. The van der Waals surface area contributed by atoms with Crippen LogP contribution >= 0.6 is 0 Å². The molecule has 2 aliphatic rings. The Bertz CT molecular complexity index is 537. The van der Waals surface area contributed by atoms with Crippen LogP contribution < -0.4 is 10.6 Å². The van der Waals surface area contributed by atoms with Crippen LogP contribution in [0.15, 0.2) is 30.3 Å². The third-order valence-corrected chi connectivity index (χ3v) is 5.46. The first-order chi connectivity index (χ1) is 11.6. The van der Waals surface area contributed by atoms with Crippen molar-refractivity contribution in [3.63, 3.8) is 0 Å². The van der Waals surface area contributed by atoms with Gasteiger partial charge in [-0.25, -0.2) is 4.79 Å². The second kappa shape index (κ2) is 7.53. The summed E-state index contributed by atoms with van der Waals surface area (Å²) in [6.07, 6.45) is 5.70. The molecule has 24 heavy (non-hydrogen) atoms. The molecule has 0 atom stereocenters. The molecule has 1 saturated heterocycles. The molecule has 5 heteroatoms. The topological polar surface area (TPSA) is 70.6 Å². The van der Waals surface area contributed by atoms with E-state index in [2.05, 4.69) is 34.9 Å². The monoisotopic (exact) mass is 332 g/mol. The number of carbonyl (C=O) groups is 1. The van der Waals surface area contributed by atoms with E-state index in [1.165, 1.54) is 12.0 Å². The molecule has 0 spiro atoms. The summed E-state index contributed by atoms with van der Waals surface area (Å²) in [6.45, 7) is 2.09. The molecule has 1 heterocycles. The van der Waals surface area contributed by atoms with Crippen LogP contribution in [0.25, 0.3) is 0 Å². The van der Waals surface area contributed by atoms with Gasteiger partial charge >= 0.3 is 6.03 Å². The lowest BCUT2D eigenvalue weighted by atomic mass is 9.65. The van der Waals surface area contributed by atoms with Crippen molar-refractivity contribution in [2.75, 3.05) is 26.3 Å². The molecule has 5 nitrogen and oxygen atoms in total. The van der Waals surface area contributed by atoms with Gasteiger partial charge in [0.05, 0.1) is 5.60 Å². The minimum atomic E-state index is -0.826. The first-order valence-electron chi connectivity index (χ1n) is 8.95. The standard InChI is InChI=1S/C19H28N2O3/c22-17(21-15-19(23)9-11-24-12-10-19)20-14-18(7-4-8-18)13-16-5-2-1-3-6-16/h1-3,5-6,23H,4,7-15H2,(H2,20,21,22). The summed E-state index contributed by atoms with van der Waals surface area (Å²) in [4.78, 5) is 12.1. The quantitative estimate of drug-likeness (QED) is 0.748. The van der Waals surface area contributed by atoms with Gasteiger partial charge in [-0.2, -0.15) is 0 Å². The maximum Gasteiger partial charge on any atom is 0.314 e. The fraction of sp³-hybridized carbons (Fsp3) is 0.632. The third kappa shape index (κ3) is 4.48. The largest absolute Gasteiger partial charge is 0.388 e. The summed E-state index contributed by atoms with van der Waals surface area (Å²) in [6, 6.07) is 10.3. The second-order valence-corrected chi connectivity index (χ2v) is 7.39. The number of aliphatic hydroxyl groups is 1. The van der Waals surface area contributed by atoms with Gasteiger partial charge in [-0.05, 0) is 30.2 Å². The van der Waals surface area contributed by atoms with Gasteiger partial charge in [0.15, 0.2) is 0 Å². The highest BCUT2D eigenvalue weighted by molar-refractivity contribution is 5.74. The SMILES string of the molecule is O=C(NCC1(O)CCOCC1)NCC1(Cc2ccccc2)CCC1. The average molecular weight is 332 g/mol. The van der Waals surface area contributed by atoms with Gasteiger partial charge in [0.2, 0.25) is 0 Å². The molecule has 0 unspecified atom stereocenters. The summed E-state index contributed by atoms with van der Waals surface area (Å²) < 4.78 is 5.25. The van der Waals surface area contributed by atoms with Crippen LogP contribution in [0.5, 0.6) is 0 Å². The van der Waals surface area contributed by atoms with Crippen LogP contribution in [0.3, 0.4) is 0 Å². The summed E-state index contributed by atoms with van der Waals surface area (Å²) in [5.74, 6) is 0. The predicted molar refractivity (Wildman–Crippen MR) is 92.8 cm³/mol. The Labute approximate surface area is 143 Å². The zero-order valence-corrected chi connectivity index (χ0v) is 14.2. The highest BCUT2D eigenvalue weighted by Gasteiger charge is 2.37. The molecule has 1 aliphatic heterocycles. The first kappa shape index (κ1) is 17.2. The Balaban J connectivity index is 1.44. The number of amides is 2. The van der Waals surface area contributed by atoms with E-state index in [0.29, 0.717) is 32.6 Å². The van der Waals surface area contributed by atoms with Gasteiger partial charge in [0, 0.05) is 39.1 Å². The van der Waals surface area contributed by atoms with Crippen LogP contribution in [-0.2, 0) is 11.2 Å². The van der Waals surface area contributed by atoms with Gasteiger partial charge < -0.3 is 20.5 Å². The van der Waals surface area contributed by atoms with E-state index in [1.807, 2.05) is 6.07 Å². The highest BCUT2D eigenvalue weighted by Crippen LogP contribution is 2.43. The minimum absolute atomic E-state index is 0.186. The van der Waals surface area contributed by atoms with Gasteiger partial charge in [0.1, 0.15) is 0 Å². The van der Waals surface area contributed by atoms with Gasteiger partial charge in [-0.3, -0.25) is 0 Å². The van der Waals surface area contributed by atoms with E-state index in [9.17, 15) is 9.90 Å². The van der Waals surface area contributed by atoms with Crippen LogP contribution in [0.2, 0.25) is 0 Å². The molecular weight excluding hydrogens is 304 g/mol. The summed E-state index contributed by atoms with van der Waals surface area (Å²) in [5.41, 5.74) is 0.693. The van der Waals surface area contributed by atoms with Crippen molar-refractivity contribution in [2.45, 2.75) is 44.1 Å². The molecule has 2 fully saturated rings. The lowest BCUT2D eigenvalue weighted by molar-refractivity contribution is -0.0600. The van der Waals surface area contributed by atoms with E-state index < -0.39 is 5.60 Å². The number of ether oxygens (including phenoxy) is 1. The number of hydrogen-bond donors (Lipinski definition) is 3. The van der Waals surface area contributed by atoms with Crippen LogP contribution in [0.1, 0.15) is 37.7 Å². The van der Waals surface area contributed by atoms with Crippen molar-refractivity contribution in [3.8, 4) is 0 Å². The number of hydrogen-bond acceptors (Lipinski definition) is 3. The Morgan fingerprint density at radius 2 is 1.71 bits per heavy atom. The van der Waals surface area contributed by atoms with Crippen molar-refractivity contribution in [2.24, 2.45) is 5.41 Å². The minimum Gasteiger partial charge on any atom is -0.388 e. The maximum atomic E-state index is 12.1. The van der Waals surface area contributed by atoms with Crippen molar-refractivity contribution < 1.29 is 14.6 Å². The van der Waals surface area contributed by atoms with Crippen molar-refractivity contribution >= 4 is 6.03 Å². The van der Waals surface area contributed by atoms with E-state index in [0.717, 1.165) is 19.3 Å². The normalized spacial score (nSPS) is 21.5. The molecule has 0 aromatic heterocycles. The Morgan fingerprint density at radius 1 is 1.04 bits per heavy atom. The molecular formula is C19H28N2O3. The molecule has 3 N–H and O–H groups in total. The molecule has 0 bridgehead atoms. The fourth-order valence-electron chi connectivity index (χ4n) is 3.62. The number of nitrogens with one attached hydrogen (secondary N) is 2. The van der Waals surface area contributed by atoms with Gasteiger partial charge in [-0.15, -0.1) is 0 Å². The summed E-state index contributed by atoms with van der Waals surface area (Å²) in [5, 5.41) is 16.2. The smallest absolute Gasteiger partial charge is 0.314 e. The van der Waals surface area contributed by atoms with E-state index in [-0.39, 0.29) is 18.0 Å². The van der Waals surface area contributed by atoms with Crippen LogP contribution in [0.4, 0.5) is 4.79 Å². The van der Waals surface area contributed by atoms with E-state index >= 15 is 0 Å². The van der Waals surface area contributed by atoms with Crippen molar-refractivity contribution in [1.82, 2.24) is 10.6 Å². The molecule has 1 saturated carbocycles. The van der Waals surface area contributed by atoms with E-state index in [4.69, 9.17) is 4.74 Å². The Morgan fingerprint density at radius 3 is 2.33 bits per heavy atom. The molecule has 2 amide bonds. The molecule has 132 valence electrons.